The summed E-state index contributed by atoms with van der Waals surface area (Å²) in [6.07, 6.45) is 0.968. The molecule has 1 aromatic carbocycles. The maximum absolute atomic E-state index is 15.2. The van der Waals surface area contributed by atoms with Gasteiger partial charge in [-0.15, -0.1) is 0 Å². The van der Waals surface area contributed by atoms with Gasteiger partial charge in [-0.2, -0.15) is 13.2 Å². The lowest BCUT2D eigenvalue weighted by Gasteiger charge is -2.36. The summed E-state index contributed by atoms with van der Waals surface area (Å²) in [6, 6.07) is 6.59. The number of ether oxygens (including phenoxy) is 1. The number of nitrogens with zero attached hydrogens (tertiary/aromatic N) is 3. The molecule has 2 aromatic heterocycles. The van der Waals surface area contributed by atoms with Gasteiger partial charge in [0.15, 0.2) is 0 Å². The third kappa shape index (κ3) is 5.76. The average Bonchev–Trinajstić information content (AvgIpc) is 3.47. The van der Waals surface area contributed by atoms with Crippen molar-refractivity contribution in [1.29, 1.82) is 0 Å². The van der Waals surface area contributed by atoms with Crippen LogP contribution < -0.4 is 15.6 Å². The number of halogens is 5. The molecule has 1 unspecified atom stereocenters. The fourth-order valence-electron chi connectivity index (χ4n) is 6.08. The molecule has 2 bridgehead atoms. The molecule has 6 rings (SSSR count). The van der Waals surface area contributed by atoms with Crippen LogP contribution in [-0.4, -0.2) is 63.8 Å². The molecule has 3 aliphatic heterocycles. The van der Waals surface area contributed by atoms with Gasteiger partial charge in [0.1, 0.15) is 11.9 Å². The van der Waals surface area contributed by atoms with Crippen molar-refractivity contribution in [3.63, 3.8) is 0 Å². The van der Waals surface area contributed by atoms with Crippen LogP contribution in [0.4, 0.5) is 28.0 Å². The van der Waals surface area contributed by atoms with Crippen LogP contribution in [0, 0.1) is 5.82 Å². The second kappa shape index (κ2) is 10.6. The minimum Gasteiger partial charge on any atom is -0.473 e. The number of aromatic amines is 1. The second-order valence-electron chi connectivity index (χ2n) is 10.6. The molecule has 41 heavy (non-hydrogen) atoms. The SMILES string of the molecule is O=C(Nc1cc(Cl)c(-c2ccc(OC3CCN(CC(F)(F)F)C3)nc2)cc1F)N1[C@H]2CC[C@@H]1c1c[nH]c(=O)cc1C2. The number of alkyl halides is 3. The first kappa shape index (κ1) is 27.5. The highest BCUT2D eigenvalue weighted by Crippen LogP contribution is 2.43. The number of nitrogens with one attached hydrogen (secondary N) is 2. The molecule has 8 nitrogen and oxygen atoms in total. The minimum atomic E-state index is -4.26. The van der Waals surface area contributed by atoms with Gasteiger partial charge in [0, 0.05) is 54.8 Å². The van der Waals surface area contributed by atoms with E-state index >= 15 is 4.39 Å². The van der Waals surface area contributed by atoms with Gasteiger partial charge < -0.3 is 19.9 Å². The predicted molar refractivity (Wildman–Crippen MR) is 144 cm³/mol. The number of likely N-dealkylation sites (tertiary alicyclic amines) is 1. The smallest absolute Gasteiger partial charge is 0.401 e. The summed E-state index contributed by atoms with van der Waals surface area (Å²) in [4.78, 5) is 34.9. The summed E-state index contributed by atoms with van der Waals surface area (Å²) in [6.45, 7) is -0.541. The predicted octanol–water partition coefficient (Wildman–Crippen LogP) is 5.54. The Kier molecular flexibility index (Phi) is 7.14. The zero-order valence-electron chi connectivity index (χ0n) is 21.7. The molecule has 2 saturated heterocycles. The van der Waals surface area contributed by atoms with Crippen molar-refractivity contribution in [3.8, 4) is 17.0 Å². The first-order valence-corrected chi connectivity index (χ1v) is 13.6. The van der Waals surface area contributed by atoms with Crippen LogP contribution >= 0.6 is 11.6 Å². The largest absolute Gasteiger partial charge is 0.473 e. The van der Waals surface area contributed by atoms with Gasteiger partial charge in [0.25, 0.3) is 0 Å². The highest BCUT2D eigenvalue weighted by atomic mass is 35.5. The molecule has 3 aliphatic rings. The molecule has 2 fully saturated rings. The van der Waals surface area contributed by atoms with Crippen molar-refractivity contribution in [2.45, 2.75) is 50.0 Å². The topological polar surface area (TPSA) is 90.6 Å². The standard InChI is InChI=1S/C28H26ClF4N5O3/c29-21-10-23(36-27(40)38-17-2-3-24(38)20-12-34-25(39)8-16(20)7-17)22(30)9-19(21)15-1-4-26(35-11-15)41-18-5-6-37(13-18)14-28(31,32)33/h1,4,8-12,17-18,24H,2-3,5-7,13-14H2,(H,34,39)(H,36,40)/t17-,18?,24+/m0/s1. The van der Waals surface area contributed by atoms with Gasteiger partial charge in [-0.05, 0) is 55.0 Å². The first-order chi connectivity index (χ1) is 19.5. The van der Waals surface area contributed by atoms with Crippen LogP contribution in [0.5, 0.6) is 5.88 Å². The molecule has 13 heteroatoms. The van der Waals surface area contributed by atoms with Crippen LogP contribution in [0.25, 0.3) is 11.1 Å². The van der Waals surface area contributed by atoms with Crippen LogP contribution in [-0.2, 0) is 6.42 Å². The molecule has 0 aliphatic carbocycles. The maximum atomic E-state index is 15.2. The van der Waals surface area contributed by atoms with Crippen LogP contribution in [0.1, 0.15) is 36.4 Å². The lowest BCUT2D eigenvalue weighted by molar-refractivity contribution is -0.144. The van der Waals surface area contributed by atoms with Gasteiger partial charge in [-0.3, -0.25) is 9.69 Å². The number of H-pyrrole nitrogens is 1. The molecular formula is C28H26ClF4N5O3. The third-order valence-corrected chi connectivity index (χ3v) is 8.18. The van der Waals surface area contributed by atoms with Gasteiger partial charge in [-0.1, -0.05) is 11.6 Å². The number of urea groups is 1. The van der Waals surface area contributed by atoms with Crippen molar-refractivity contribution in [2.24, 2.45) is 0 Å². The van der Waals surface area contributed by atoms with E-state index in [1.807, 2.05) is 0 Å². The summed E-state index contributed by atoms with van der Waals surface area (Å²) in [7, 11) is 0. The quantitative estimate of drug-likeness (QED) is 0.380. The van der Waals surface area contributed by atoms with E-state index < -0.39 is 30.7 Å². The molecule has 0 radical (unpaired) electrons. The number of hydrogen-bond acceptors (Lipinski definition) is 5. The minimum absolute atomic E-state index is 0.0621. The number of amides is 2. The fourth-order valence-corrected chi connectivity index (χ4v) is 6.35. The van der Waals surface area contributed by atoms with E-state index in [2.05, 4.69) is 15.3 Å². The van der Waals surface area contributed by atoms with E-state index in [-0.39, 0.29) is 47.3 Å². The van der Waals surface area contributed by atoms with E-state index in [0.717, 1.165) is 24.0 Å². The number of anilines is 1. The highest BCUT2D eigenvalue weighted by molar-refractivity contribution is 6.33. The molecule has 0 spiro atoms. The van der Waals surface area contributed by atoms with Crippen molar-refractivity contribution >= 4 is 23.3 Å². The van der Waals surface area contributed by atoms with E-state index in [1.165, 1.54) is 23.2 Å². The van der Waals surface area contributed by atoms with Crippen LogP contribution in [0.3, 0.4) is 0 Å². The summed E-state index contributed by atoms with van der Waals surface area (Å²) < 4.78 is 58.8. The number of hydrogen-bond donors (Lipinski definition) is 2. The number of benzene rings is 1. The van der Waals surface area contributed by atoms with E-state index in [1.54, 1.807) is 29.3 Å². The van der Waals surface area contributed by atoms with Crippen molar-refractivity contribution in [1.82, 2.24) is 19.8 Å². The van der Waals surface area contributed by atoms with Gasteiger partial charge in [-0.25, -0.2) is 14.2 Å². The Bertz CT molecular complexity index is 1530. The monoisotopic (exact) mass is 591 g/mol. The number of aromatic nitrogens is 2. The Labute approximate surface area is 237 Å². The summed E-state index contributed by atoms with van der Waals surface area (Å²) in [5, 5.41) is 2.85. The zero-order valence-corrected chi connectivity index (χ0v) is 22.4. The van der Waals surface area contributed by atoms with E-state index in [0.29, 0.717) is 24.0 Å². The molecule has 0 saturated carbocycles. The lowest BCUT2D eigenvalue weighted by atomic mass is 9.95. The molecule has 2 amide bonds. The first-order valence-electron chi connectivity index (χ1n) is 13.3. The van der Waals surface area contributed by atoms with Gasteiger partial charge in [0.05, 0.1) is 23.3 Å². The highest BCUT2D eigenvalue weighted by Gasteiger charge is 2.43. The molecule has 3 aromatic rings. The van der Waals surface area contributed by atoms with E-state index in [4.69, 9.17) is 16.3 Å². The Balaban J connectivity index is 1.12. The molecular weight excluding hydrogens is 566 g/mol. The normalized spacial score (nSPS) is 22.1. The Morgan fingerprint density at radius 1 is 1.20 bits per heavy atom. The number of rotatable bonds is 5. The number of carbonyl (C=O) groups is 1. The lowest BCUT2D eigenvalue weighted by Crippen LogP contribution is -2.44. The Hall–Kier alpha value is -3.64. The van der Waals surface area contributed by atoms with Gasteiger partial charge in [0.2, 0.25) is 11.4 Å². The molecule has 2 N–H and O–H groups in total. The summed E-state index contributed by atoms with van der Waals surface area (Å²) in [5.74, 6) is -0.433. The summed E-state index contributed by atoms with van der Waals surface area (Å²) >= 11 is 6.48. The van der Waals surface area contributed by atoms with Gasteiger partial charge >= 0.3 is 12.2 Å². The Morgan fingerprint density at radius 2 is 2.02 bits per heavy atom. The van der Waals surface area contributed by atoms with Crippen molar-refractivity contribution in [2.75, 3.05) is 25.0 Å². The zero-order chi connectivity index (χ0) is 28.9. The maximum Gasteiger partial charge on any atom is 0.401 e. The van der Waals surface area contributed by atoms with Crippen molar-refractivity contribution < 1.29 is 27.1 Å². The second-order valence-corrected chi connectivity index (χ2v) is 11.0. The fraction of sp³-hybridized carbons (Fsp3) is 0.393. The Morgan fingerprint density at radius 3 is 2.78 bits per heavy atom. The third-order valence-electron chi connectivity index (χ3n) is 7.86. The van der Waals surface area contributed by atoms with Crippen LogP contribution in [0.2, 0.25) is 5.02 Å². The molecule has 3 atom stereocenters. The molecule has 5 heterocycles. The van der Waals surface area contributed by atoms with Crippen LogP contribution in [0.15, 0.2) is 47.5 Å². The number of pyridine rings is 2. The van der Waals surface area contributed by atoms with E-state index in [9.17, 15) is 22.8 Å². The van der Waals surface area contributed by atoms with Crippen molar-refractivity contribution in [3.05, 3.63) is 75.0 Å². The average molecular weight is 592 g/mol. The summed E-state index contributed by atoms with van der Waals surface area (Å²) in [5.41, 5.74) is 2.45. The number of carbonyl (C=O) groups excluding carboxylic acids is 1. The number of fused-ring (bicyclic) bond motifs is 4. The molecule has 216 valence electrons.